The van der Waals surface area contributed by atoms with Crippen molar-refractivity contribution in [3.05, 3.63) is 100 Å². The molecule has 0 saturated heterocycles. The number of hydrogen-bond donors (Lipinski definition) is 1. The SMILES string of the molecule is Cc1cc(/C=C2\C(=N)N3N=C(c4ccccc4)SC3=NC2=O)c(C)n1Cc1ccccc1. The van der Waals surface area contributed by atoms with Gasteiger partial charge in [-0.05, 0) is 48.9 Å². The molecule has 3 aromatic rings. The number of benzene rings is 2. The average Bonchev–Trinajstić information content (AvgIpc) is 3.34. The van der Waals surface area contributed by atoms with Gasteiger partial charge in [0.25, 0.3) is 5.91 Å². The summed E-state index contributed by atoms with van der Waals surface area (Å²) in [6, 6.07) is 22.0. The van der Waals surface area contributed by atoms with E-state index in [1.165, 1.54) is 22.3 Å². The molecular formula is C25H21N5OS. The van der Waals surface area contributed by atoms with E-state index in [4.69, 9.17) is 5.41 Å². The monoisotopic (exact) mass is 439 g/mol. The van der Waals surface area contributed by atoms with Gasteiger partial charge in [0.05, 0.1) is 5.57 Å². The summed E-state index contributed by atoms with van der Waals surface area (Å²) in [5.74, 6) is -0.364. The van der Waals surface area contributed by atoms with Gasteiger partial charge < -0.3 is 4.57 Å². The zero-order valence-corrected chi connectivity index (χ0v) is 18.6. The third-order valence-corrected chi connectivity index (χ3v) is 6.53. The van der Waals surface area contributed by atoms with Gasteiger partial charge in [-0.15, -0.1) is 0 Å². The quantitative estimate of drug-likeness (QED) is 0.592. The highest BCUT2D eigenvalue weighted by atomic mass is 32.2. The molecule has 0 radical (unpaired) electrons. The van der Waals surface area contributed by atoms with Crippen molar-refractivity contribution in [2.24, 2.45) is 10.1 Å². The molecule has 1 N–H and O–H groups in total. The van der Waals surface area contributed by atoms with Crippen LogP contribution in [0.1, 0.15) is 28.1 Å². The minimum Gasteiger partial charge on any atom is -0.344 e. The standard InChI is InChI=1S/C25H21N5OS/c1-16-13-20(17(2)29(16)15-18-9-5-3-6-10-18)14-21-22(26)30-25(27-23(21)31)32-24(28-30)19-11-7-4-8-12-19/h3-14,26H,15H2,1-2H3/b21-14+,26-22?. The van der Waals surface area contributed by atoms with E-state index in [1.54, 1.807) is 6.08 Å². The first kappa shape index (κ1) is 20.2. The second-order valence-corrected chi connectivity index (χ2v) is 8.65. The van der Waals surface area contributed by atoms with Crippen LogP contribution in [0.15, 0.2) is 82.4 Å². The fourth-order valence-corrected chi connectivity index (χ4v) is 4.72. The molecule has 1 amide bonds. The molecule has 0 aliphatic carbocycles. The molecule has 0 saturated carbocycles. The maximum absolute atomic E-state index is 12.8. The van der Waals surface area contributed by atoms with Crippen LogP contribution in [0.3, 0.4) is 0 Å². The van der Waals surface area contributed by atoms with Crippen molar-refractivity contribution in [1.82, 2.24) is 9.58 Å². The molecule has 3 heterocycles. The number of hydrazone groups is 1. The van der Waals surface area contributed by atoms with Crippen LogP contribution >= 0.6 is 11.8 Å². The van der Waals surface area contributed by atoms with Gasteiger partial charge >= 0.3 is 0 Å². The zero-order chi connectivity index (χ0) is 22.2. The summed E-state index contributed by atoms with van der Waals surface area (Å²) in [4.78, 5) is 17.0. The molecule has 0 spiro atoms. The number of fused-ring (bicyclic) bond motifs is 1. The maximum Gasteiger partial charge on any atom is 0.283 e. The van der Waals surface area contributed by atoms with E-state index in [0.717, 1.165) is 34.1 Å². The molecule has 6 nitrogen and oxygen atoms in total. The van der Waals surface area contributed by atoms with Gasteiger partial charge in [-0.3, -0.25) is 10.2 Å². The zero-order valence-electron chi connectivity index (χ0n) is 17.7. The molecule has 0 bridgehead atoms. The van der Waals surface area contributed by atoms with Crippen molar-refractivity contribution in [3.63, 3.8) is 0 Å². The van der Waals surface area contributed by atoms with E-state index in [9.17, 15) is 4.79 Å². The lowest BCUT2D eigenvalue weighted by molar-refractivity contribution is -0.114. The van der Waals surface area contributed by atoms with Gasteiger partial charge in [-0.1, -0.05) is 60.7 Å². The van der Waals surface area contributed by atoms with Crippen molar-refractivity contribution < 1.29 is 4.79 Å². The second kappa shape index (κ2) is 8.09. The second-order valence-electron chi connectivity index (χ2n) is 7.69. The Morgan fingerprint density at radius 2 is 1.72 bits per heavy atom. The highest BCUT2D eigenvalue weighted by Crippen LogP contribution is 2.31. The first-order chi connectivity index (χ1) is 15.5. The van der Waals surface area contributed by atoms with E-state index < -0.39 is 5.91 Å². The number of carbonyl (C=O) groups is 1. The number of nitrogens with zero attached hydrogens (tertiary/aromatic N) is 4. The van der Waals surface area contributed by atoms with Crippen LogP contribution in [-0.2, 0) is 11.3 Å². The third kappa shape index (κ3) is 3.61. The number of carbonyl (C=O) groups excluding carboxylic acids is 1. The van der Waals surface area contributed by atoms with Gasteiger partial charge in [-0.25, -0.2) is 0 Å². The molecule has 158 valence electrons. The van der Waals surface area contributed by atoms with Crippen LogP contribution in [0.5, 0.6) is 0 Å². The van der Waals surface area contributed by atoms with Crippen molar-refractivity contribution in [2.75, 3.05) is 0 Å². The van der Waals surface area contributed by atoms with Gasteiger partial charge in [0.2, 0.25) is 5.17 Å². The maximum atomic E-state index is 12.8. The van der Waals surface area contributed by atoms with Crippen LogP contribution in [0, 0.1) is 19.3 Å². The Labute approximate surface area is 190 Å². The Morgan fingerprint density at radius 3 is 2.44 bits per heavy atom. The predicted molar refractivity (Wildman–Crippen MR) is 130 cm³/mol. The highest BCUT2D eigenvalue weighted by molar-refractivity contribution is 8.27. The van der Waals surface area contributed by atoms with E-state index in [2.05, 4.69) is 33.7 Å². The lowest BCUT2D eigenvalue weighted by Gasteiger charge is -2.20. The highest BCUT2D eigenvalue weighted by Gasteiger charge is 2.36. The summed E-state index contributed by atoms with van der Waals surface area (Å²) in [7, 11) is 0. The lowest BCUT2D eigenvalue weighted by Crippen LogP contribution is -2.35. The topological polar surface area (TPSA) is 73.8 Å². The summed E-state index contributed by atoms with van der Waals surface area (Å²) in [6.45, 7) is 4.84. The Hall–Kier alpha value is -3.71. The van der Waals surface area contributed by atoms with Gasteiger partial charge in [0, 0.05) is 23.5 Å². The van der Waals surface area contributed by atoms with Gasteiger partial charge in [0.1, 0.15) is 5.04 Å². The van der Waals surface area contributed by atoms with Crippen LogP contribution in [-0.4, -0.2) is 31.5 Å². The number of rotatable bonds is 4. The predicted octanol–water partition coefficient (Wildman–Crippen LogP) is 4.82. The third-order valence-electron chi connectivity index (χ3n) is 5.57. The van der Waals surface area contributed by atoms with E-state index >= 15 is 0 Å². The van der Waals surface area contributed by atoms with Crippen molar-refractivity contribution in [2.45, 2.75) is 20.4 Å². The van der Waals surface area contributed by atoms with Gasteiger partial charge in [-0.2, -0.15) is 15.1 Å². The molecule has 5 rings (SSSR count). The summed E-state index contributed by atoms with van der Waals surface area (Å²) in [5.41, 5.74) is 5.43. The van der Waals surface area contributed by atoms with Crippen molar-refractivity contribution in [1.29, 1.82) is 5.41 Å². The van der Waals surface area contributed by atoms with E-state index in [1.807, 2.05) is 61.5 Å². The van der Waals surface area contributed by atoms with Gasteiger partial charge in [0.15, 0.2) is 5.84 Å². The number of amidine groups is 2. The van der Waals surface area contributed by atoms with Crippen molar-refractivity contribution in [3.8, 4) is 0 Å². The molecular weight excluding hydrogens is 418 g/mol. The number of aromatic nitrogens is 1. The fourth-order valence-electron chi connectivity index (χ4n) is 3.83. The number of amides is 1. The molecule has 7 heteroatoms. The largest absolute Gasteiger partial charge is 0.344 e. The van der Waals surface area contributed by atoms with Crippen LogP contribution in [0.2, 0.25) is 0 Å². The Balaban J connectivity index is 1.47. The summed E-state index contributed by atoms with van der Waals surface area (Å²) in [6.07, 6.45) is 1.76. The first-order valence-corrected chi connectivity index (χ1v) is 11.1. The Morgan fingerprint density at radius 1 is 1.03 bits per heavy atom. The summed E-state index contributed by atoms with van der Waals surface area (Å²) < 4.78 is 2.21. The molecule has 1 aromatic heterocycles. The van der Waals surface area contributed by atoms with E-state index in [0.29, 0.717) is 5.17 Å². The number of hydrogen-bond acceptors (Lipinski definition) is 4. The fraction of sp³-hybridized carbons (Fsp3) is 0.120. The summed E-state index contributed by atoms with van der Waals surface area (Å²) >= 11 is 1.31. The van der Waals surface area contributed by atoms with Crippen LogP contribution in [0.25, 0.3) is 6.08 Å². The molecule has 0 unspecified atom stereocenters. The van der Waals surface area contributed by atoms with Crippen LogP contribution in [0.4, 0.5) is 0 Å². The smallest absolute Gasteiger partial charge is 0.283 e. The minimum atomic E-state index is -0.411. The number of aliphatic imine (C=N–C) groups is 1. The minimum absolute atomic E-state index is 0.0475. The Kier molecular flexibility index (Phi) is 5.11. The number of nitrogens with one attached hydrogen (secondary N) is 1. The molecule has 2 aliphatic heterocycles. The number of aryl methyl sites for hydroxylation is 1. The van der Waals surface area contributed by atoms with E-state index in [-0.39, 0.29) is 11.4 Å². The molecule has 32 heavy (non-hydrogen) atoms. The first-order valence-electron chi connectivity index (χ1n) is 10.3. The number of thioether (sulfide) groups is 1. The average molecular weight is 440 g/mol. The molecule has 0 fully saturated rings. The lowest BCUT2D eigenvalue weighted by atomic mass is 10.1. The normalized spacial score (nSPS) is 16.9. The molecule has 2 aliphatic rings. The molecule has 2 aromatic carbocycles. The summed E-state index contributed by atoms with van der Waals surface area (Å²) in [5, 5.41) is 15.8. The van der Waals surface area contributed by atoms with Crippen LogP contribution < -0.4 is 0 Å². The molecule has 0 atom stereocenters. The van der Waals surface area contributed by atoms with Crippen molar-refractivity contribution >= 4 is 39.8 Å². The Bertz CT molecular complexity index is 1320.